The van der Waals surface area contributed by atoms with Gasteiger partial charge in [-0.1, -0.05) is 84.6 Å². The lowest BCUT2D eigenvalue weighted by Crippen LogP contribution is -2.54. The number of nitrogens with one attached hydrogen (secondary N) is 1. The number of amides is 2. The Kier molecular flexibility index (Phi) is 10.5. The molecule has 4 rings (SSSR count). The second-order valence-electron chi connectivity index (χ2n) is 10.8. The zero-order valence-corrected chi connectivity index (χ0v) is 25.8. The van der Waals surface area contributed by atoms with Gasteiger partial charge in [0, 0.05) is 24.0 Å². The molecule has 3 aromatic carbocycles. The number of halogens is 1. The Hall–Kier alpha value is -3.56. The predicted octanol–water partition coefficient (Wildman–Crippen LogP) is 5.12. The molecule has 3 aromatic rings. The van der Waals surface area contributed by atoms with E-state index in [-0.39, 0.29) is 36.4 Å². The van der Waals surface area contributed by atoms with Crippen molar-refractivity contribution in [2.24, 2.45) is 0 Å². The van der Waals surface area contributed by atoms with E-state index < -0.39 is 28.5 Å². The van der Waals surface area contributed by atoms with Gasteiger partial charge < -0.3 is 15.0 Å². The summed E-state index contributed by atoms with van der Waals surface area (Å²) in [5, 5.41) is 3.46. The highest BCUT2D eigenvalue weighted by Crippen LogP contribution is 2.33. The average molecular weight is 612 g/mol. The van der Waals surface area contributed by atoms with Crippen LogP contribution >= 0.6 is 11.6 Å². The Morgan fingerprint density at radius 1 is 1.00 bits per heavy atom. The number of benzene rings is 3. The van der Waals surface area contributed by atoms with Crippen molar-refractivity contribution < 1.29 is 22.7 Å². The summed E-state index contributed by atoms with van der Waals surface area (Å²) in [6.07, 6.45) is 5.18. The zero-order chi connectivity index (χ0) is 30.3. The first kappa shape index (κ1) is 31.4. The van der Waals surface area contributed by atoms with E-state index in [0.717, 1.165) is 52.9 Å². The minimum absolute atomic E-state index is 0.0512. The molecule has 0 bridgehead atoms. The summed E-state index contributed by atoms with van der Waals surface area (Å²) < 4.78 is 32.5. The van der Waals surface area contributed by atoms with Crippen molar-refractivity contribution in [3.8, 4) is 5.75 Å². The van der Waals surface area contributed by atoms with Gasteiger partial charge >= 0.3 is 0 Å². The molecular formula is C32H38ClN3O5S. The molecule has 10 heteroatoms. The number of hydrogen-bond acceptors (Lipinski definition) is 5. The fraction of sp³-hybridized carbons (Fsp3) is 0.375. The molecule has 1 N–H and O–H groups in total. The van der Waals surface area contributed by atoms with Crippen LogP contribution < -0.4 is 14.4 Å². The van der Waals surface area contributed by atoms with Crippen LogP contribution in [0.1, 0.15) is 42.4 Å². The van der Waals surface area contributed by atoms with Gasteiger partial charge in [-0.2, -0.15) is 0 Å². The van der Waals surface area contributed by atoms with E-state index in [1.165, 1.54) is 18.1 Å². The first-order chi connectivity index (χ1) is 20.0. The quantitative estimate of drug-likeness (QED) is 0.307. The van der Waals surface area contributed by atoms with Gasteiger partial charge in [-0.05, 0) is 49.1 Å². The summed E-state index contributed by atoms with van der Waals surface area (Å²) in [5.74, 6) is -0.523. The van der Waals surface area contributed by atoms with Gasteiger partial charge in [-0.15, -0.1) is 0 Å². The third-order valence-corrected chi connectivity index (χ3v) is 8.90. The number of carbonyl (C=O) groups is 2. The molecule has 1 atom stereocenters. The molecule has 0 heterocycles. The third kappa shape index (κ3) is 8.26. The predicted molar refractivity (Wildman–Crippen MR) is 166 cm³/mol. The molecule has 0 unspecified atom stereocenters. The molecule has 1 saturated carbocycles. The van der Waals surface area contributed by atoms with Crippen molar-refractivity contribution in [1.82, 2.24) is 10.2 Å². The van der Waals surface area contributed by atoms with Gasteiger partial charge in [0.05, 0.1) is 19.1 Å². The van der Waals surface area contributed by atoms with Crippen LogP contribution in [0, 0.1) is 6.92 Å². The summed E-state index contributed by atoms with van der Waals surface area (Å²) in [4.78, 5) is 29.7. The van der Waals surface area contributed by atoms with Gasteiger partial charge in [0.1, 0.15) is 18.3 Å². The lowest BCUT2D eigenvalue weighted by Gasteiger charge is -2.34. The zero-order valence-electron chi connectivity index (χ0n) is 24.3. The number of sulfonamides is 1. The molecule has 0 saturated heterocycles. The van der Waals surface area contributed by atoms with Crippen molar-refractivity contribution in [3.05, 3.63) is 94.5 Å². The normalized spacial score (nSPS) is 14.3. The van der Waals surface area contributed by atoms with Crippen molar-refractivity contribution in [1.29, 1.82) is 0 Å². The van der Waals surface area contributed by atoms with Crippen molar-refractivity contribution in [3.63, 3.8) is 0 Å². The minimum atomic E-state index is -3.95. The Balaban J connectivity index is 1.75. The number of carbonyl (C=O) groups excluding carboxylic acids is 2. The highest BCUT2D eigenvalue weighted by Gasteiger charge is 2.35. The molecule has 0 aliphatic heterocycles. The van der Waals surface area contributed by atoms with Crippen LogP contribution in [0.5, 0.6) is 5.75 Å². The van der Waals surface area contributed by atoms with E-state index in [1.807, 2.05) is 61.5 Å². The maximum atomic E-state index is 14.3. The maximum absolute atomic E-state index is 14.3. The van der Waals surface area contributed by atoms with E-state index in [9.17, 15) is 18.0 Å². The Labute approximate surface area is 253 Å². The van der Waals surface area contributed by atoms with Crippen LogP contribution in [0.4, 0.5) is 5.69 Å². The summed E-state index contributed by atoms with van der Waals surface area (Å²) in [6.45, 7) is 1.56. The van der Waals surface area contributed by atoms with Crippen LogP contribution in [0.15, 0.2) is 72.8 Å². The van der Waals surface area contributed by atoms with Crippen molar-refractivity contribution in [2.75, 3.05) is 24.2 Å². The fourth-order valence-electron chi connectivity index (χ4n) is 5.26. The van der Waals surface area contributed by atoms with Crippen LogP contribution in [-0.4, -0.2) is 57.1 Å². The Morgan fingerprint density at radius 3 is 2.29 bits per heavy atom. The van der Waals surface area contributed by atoms with Crippen LogP contribution in [0.3, 0.4) is 0 Å². The number of nitrogens with zero attached hydrogens (tertiary/aromatic N) is 2. The number of ether oxygens (including phenoxy) is 1. The van der Waals surface area contributed by atoms with Gasteiger partial charge in [0.15, 0.2) is 0 Å². The number of hydrogen-bond donors (Lipinski definition) is 1. The van der Waals surface area contributed by atoms with E-state index >= 15 is 0 Å². The Bertz CT molecular complexity index is 1480. The van der Waals surface area contributed by atoms with Crippen molar-refractivity contribution >= 4 is 39.1 Å². The summed E-state index contributed by atoms with van der Waals surface area (Å²) in [6, 6.07) is 21.0. The van der Waals surface area contributed by atoms with Crippen LogP contribution in [0.25, 0.3) is 0 Å². The van der Waals surface area contributed by atoms with Gasteiger partial charge in [0.2, 0.25) is 21.8 Å². The molecule has 2 amide bonds. The fourth-order valence-corrected chi connectivity index (χ4v) is 6.28. The molecule has 1 fully saturated rings. The van der Waals surface area contributed by atoms with E-state index in [2.05, 4.69) is 5.32 Å². The van der Waals surface area contributed by atoms with E-state index in [0.29, 0.717) is 5.02 Å². The number of rotatable bonds is 12. The average Bonchev–Trinajstić information content (AvgIpc) is 3.47. The van der Waals surface area contributed by atoms with Crippen LogP contribution in [0.2, 0.25) is 5.02 Å². The minimum Gasteiger partial charge on any atom is -0.495 e. The highest BCUT2D eigenvalue weighted by atomic mass is 35.5. The molecule has 42 heavy (non-hydrogen) atoms. The summed E-state index contributed by atoms with van der Waals surface area (Å²) in [7, 11) is -2.53. The lowest BCUT2D eigenvalue weighted by atomic mass is 10.0. The SMILES string of the molecule is COc1ccc(Cl)cc1N(CC(=O)N(Cc1ccc(C)cc1)[C@@H](Cc1ccccc1)C(=O)NC1CCCC1)S(C)(=O)=O. The second kappa shape index (κ2) is 14.1. The molecule has 8 nitrogen and oxygen atoms in total. The molecular weight excluding hydrogens is 574 g/mol. The summed E-state index contributed by atoms with van der Waals surface area (Å²) in [5.41, 5.74) is 2.92. The molecule has 0 radical (unpaired) electrons. The third-order valence-electron chi connectivity index (χ3n) is 7.53. The van der Waals surface area contributed by atoms with Crippen molar-refractivity contribution in [2.45, 2.75) is 57.7 Å². The van der Waals surface area contributed by atoms with E-state index in [1.54, 1.807) is 12.1 Å². The first-order valence-corrected chi connectivity index (χ1v) is 16.3. The molecule has 1 aliphatic carbocycles. The van der Waals surface area contributed by atoms with Gasteiger partial charge in [-0.25, -0.2) is 8.42 Å². The summed E-state index contributed by atoms with van der Waals surface area (Å²) >= 11 is 6.23. The monoisotopic (exact) mass is 611 g/mol. The van der Waals surface area contributed by atoms with Gasteiger partial charge in [-0.3, -0.25) is 13.9 Å². The maximum Gasteiger partial charge on any atom is 0.244 e. The number of methoxy groups -OCH3 is 1. The number of anilines is 1. The number of aryl methyl sites for hydroxylation is 1. The highest BCUT2D eigenvalue weighted by molar-refractivity contribution is 7.92. The van der Waals surface area contributed by atoms with Gasteiger partial charge in [0.25, 0.3) is 0 Å². The Morgan fingerprint density at radius 2 is 1.67 bits per heavy atom. The molecule has 1 aliphatic rings. The first-order valence-electron chi connectivity index (χ1n) is 14.1. The second-order valence-corrected chi connectivity index (χ2v) is 13.1. The molecule has 0 spiro atoms. The largest absolute Gasteiger partial charge is 0.495 e. The molecule has 0 aromatic heterocycles. The molecule has 224 valence electrons. The van der Waals surface area contributed by atoms with Crippen LogP contribution in [-0.2, 0) is 32.6 Å². The smallest absolute Gasteiger partial charge is 0.244 e. The topological polar surface area (TPSA) is 96.0 Å². The van der Waals surface area contributed by atoms with E-state index in [4.69, 9.17) is 16.3 Å². The lowest BCUT2D eigenvalue weighted by molar-refractivity contribution is -0.140. The standard InChI is InChI=1S/C32H38ClN3O5S/c1-23-13-15-25(16-14-23)21-35(29(19-24-9-5-4-6-10-24)32(38)34-27-11-7-8-12-27)31(37)22-36(42(3,39)40)28-20-26(33)17-18-30(28)41-2/h4-6,9-10,13-18,20,27,29H,7-8,11-12,19,21-22H2,1-3H3,(H,34,38)/t29-/m0/s1.